The molecule has 3 aromatic rings. The molecule has 0 saturated heterocycles. The van der Waals surface area contributed by atoms with Crippen LogP contribution in [0.2, 0.25) is 0 Å². The first kappa shape index (κ1) is 19.7. The number of amides is 2. The first-order valence-corrected chi connectivity index (χ1v) is 9.60. The van der Waals surface area contributed by atoms with Gasteiger partial charge in [-0.3, -0.25) is 9.59 Å². The van der Waals surface area contributed by atoms with Crippen molar-refractivity contribution in [3.05, 3.63) is 83.6 Å². The first-order chi connectivity index (χ1) is 13.5. The Labute approximate surface area is 166 Å². The number of rotatable bonds is 7. The highest BCUT2D eigenvalue weighted by Gasteiger charge is 2.14. The van der Waals surface area contributed by atoms with Gasteiger partial charge in [-0.05, 0) is 48.9 Å². The topological polar surface area (TPSA) is 71.3 Å². The normalized spacial score (nSPS) is 10.5. The molecule has 0 radical (unpaired) electrons. The van der Waals surface area contributed by atoms with E-state index >= 15 is 0 Å². The van der Waals surface area contributed by atoms with Crippen LogP contribution in [0, 0.1) is 12.7 Å². The van der Waals surface area contributed by atoms with Crippen molar-refractivity contribution in [1.82, 2.24) is 5.32 Å². The van der Waals surface area contributed by atoms with E-state index in [1.54, 1.807) is 61.7 Å². The quantitative estimate of drug-likeness (QED) is 0.579. The Morgan fingerprint density at radius 3 is 2.68 bits per heavy atom. The summed E-state index contributed by atoms with van der Waals surface area (Å²) in [5.74, 6) is -0.0823. The van der Waals surface area contributed by atoms with Crippen LogP contribution < -0.4 is 10.6 Å². The molecule has 0 aliphatic heterocycles. The molecule has 7 heteroatoms. The highest BCUT2D eigenvalue weighted by atomic mass is 32.2. The molecule has 28 heavy (non-hydrogen) atoms. The van der Waals surface area contributed by atoms with Gasteiger partial charge in [-0.2, -0.15) is 0 Å². The predicted octanol–water partition coefficient (Wildman–Crippen LogP) is 4.39. The zero-order chi connectivity index (χ0) is 19.9. The number of hydrogen-bond donors (Lipinski definition) is 2. The van der Waals surface area contributed by atoms with E-state index in [-0.39, 0.29) is 23.4 Å². The van der Waals surface area contributed by atoms with Gasteiger partial charge < -0.3 is 15.1 Å². The van der Waals surface area contributed by atoms with Gasteiger partial charge in [-0.1, -0.05) is 18.2 Å². The van der Waals surface area contributed by atoms with E-state index in [1.165, 1.54) is 17.8 Å². The number of carbonyl (C=O) groups is 2. The predicted molar refractivity (Wildman–Crippen MR) is 107 cm³/mol. The second-order valence-electron chi connectivity index (χ2n) is 6.06. The van der Waals surface area contributed by atoms with Crippen LogP contribution in [0.3, 0.4) is 0 Å². The molecule has 0 fully saturated rings. The number of furan rings is 1. The molecule has 2 amide bonds. The van der Waals surface area contributed by atoms with Crippen LogP contribution in [-0.4, -0.2) is 17.6 Å². The zero-order valence-electron chi connectivity index (χ0n) is 15.2. The van der Waals surface area contributed by atoms with Crippen LogP contribution in [0.15, 0.2) is 70.2 Å². The minimum absolute atomic E-state index is 0.157. The fraction of sp³-hybridized carbons (Fsp3) is 0.143. The summed E-state index contributed by atoms with van der Waals surface area (Å²) in [5, 5.41) is 5.45. The molecule has 0 saturated carbocycles. The van der Waals surface area contributed by atoms with E-state index in [2.05, 4.69) is 10.6 Å². The third kappa shape index (κ3) is 5.23. The summed E-state index contributed by atoms with van der Waals surface area (Å²) in [5.41, 5.74) is 1.31. The number of anilines is 1. The Kier molecular flexibility index (Phi) is 6.49. The van der Waals surface area contributed by atoms with Crippen LogP contribution in [0.5, 0.6) is 0 Å². The fourth-order valence-electron chi connectivity index (χ4n) is 2.44. The number of aryl methyl sites for hydroxylation is 1. The average molecular weight is 398 g/mol. The van der Waals surface area contributed by atoms with Crippen LogP contribution in [0.4, 0.5) is 10.1 Å². The van der Waals surface area contributed by atoms with Gasteiger partial charge in [0.1, 0.15) is 11.6 Å². The lowest BCUT2D eigenvalue weighted by molar-refractivity contribution is -0.118. The summed E-state index contributed by atoms with van der Waals surface area (Å²) < 4.78 is 18.9. The molecule has 0 bridgehead atoms. The molecule has 0 aliphatic carbocycles. The van der Waals surface area contributed by atoms with Gasteiger partial charge in [-0.25, -0.2) is 4.39 Å². The minimum Gasteiger partial charge on any atom is -0.467 e. The standard InChI is InChI=1S/C21H19FN2O3S/c1-14-8-9-15(11-18(14)22)24-21(26)17-6-2-3-7-19(17)28-13-20(25)23-12-16-5-4-10-27-16/h2-11H,12-13H2,1H3,(H,23,25)(H,24,26). The average Bonchev–Trinajstić information content (AvgIpc) is 3.21. The number of benzene rings is 2. The summed E-state index contributed by atoms with van der Waals surface area (Å²) in [4.78, 5) is 25.3. The van der Waals surface area contributed by atoms with E-state index < -0.39 is 0 Å². The number of carbonyl (C=O) groups excluding carboxylic acids is 2. The third-order valence-corrected chi connectivity index (χ3v) is 5.03. The Bertz CT molecular complexity index is 974. The number of thioether (sulfide) groups is 1. The van der Waals surface area contributed by atoms with Crippen LogP contribution in [0.1, 0.15) is 21.7 Å². The van der Waals surface area contributed by atoms with Crippen molar-refractivity contribution in [3.63, 3.8) is 0 Å². The zero-order valence-corrected chi connectivity index (χ0v) is 16.0. The van der Waals surface area contributed by atoms with Gasteiger partial charge in [0, 0.05) is 10.6 Å². The molecule has 1 aromatic heterocycles. The summed E-state index contributed by atoms with van der Waals surface area (Å²) in [6.45, 7) is 1.97. The molecule has 0 aliphatic rings. The summed E-state index contributed by atoms with van der Waals surface area (Å²) in [6.07, 6.45) is 1.55. The number of halogens is 1. The molecule has 144 valence electrons. The van der Waals surface area contributed by atoms with Crippen LogP contribution in [-0.2, 0) is 11.3 Å². The van der Waals surface area contributed by atoms with E-state index in [4.69, 9.17) is 4.42 Å². The van der Waals surface area contributed by atoms with Crippen LogP contribution >= 0.6 is 11.8 Å². The Hall–Kier alpha value is -3.06. The molecule has 0 unspecified atom stereocenters. The third-order valence-electron chi connectivity index (χ3n) is 3.96. The van der Waals surface area contributed by atoms with Crippen molar-refractivity contribution in [1.29, 1.82) is 0 Å². The van der Waals surface area contributed by atoms with E-state index in [0.29, 0.717) is 34.0 Å². The van der Waals surface area contributed by atoms with Gasteiger partial charge in [-0.15, -0.1) is 11.8 Å². The van der Waals surface area contributed by atoms with E-state index in [9.17, 15) is 14.0 Å². The largest absolute Gasteiger partial charge is 0.467 e. The number of hydrogen-bond acceptors (Lipinski definition) is 4. The van der Waals surface area contributed by atoms with Gasteiger partial charge in [0.2, 0.25) is 5.91 Å². The Morgan fingerprint density at radius 2 is 1.93 bits per heavy atom. The highest BCUT2D eigenvalue weighted by Crippen LogP contribution is 2.24. The lowest BCUT2D eigenvalue weighted by Gasteiger charge is -2.10. The van der Waals surface area contributed by atoms with Gasteiger partial charge in [0.25, 0.3) is 5.91 Å². The lowest BCUT2D eigenvalue weighted by Crippen LogP contribution is -2.24. The molecule has 3 rings (SSSR count). The van der Waals surface area contributed by atoms with Gasteiger partial charge in [0.05, 0.1) is 24.1 Å². The molecule has 0 atom stereocenters. The van der Waals surface area contributed by atoms with Crippen molar-refractivity contribution >= 4 is 29.3 Å². The molecular formula is C21H19FN2O3S. The van der Waals surface area contributed by atoms with Crippen LogP contribution in [0.25, 0.3) is 0 Å². The maximum atomic E-state index is 13.7. The summed E-state index contributed by atoms with van der Waals surface area (Å²) in [7, 11) is 0. The van der Waals surface area contributed by atoms with Crippen molar-refractivity contribution in [2.24, 2.45) is 0 Å². The van der Waals surface area contributed by atoms with Crippen molar-refractivity contribution in [3.8, 4) is 0 Å². The van der Waals surface area contributed by atoms with E-state index in [1.807, 2.05) is 0 Å². The van der Waals surface area contributed by atoms with Crippen molar-refractivity contribution < 1.29 is 18.4 Å². The summed E-state index contributed by atoms with van der Waals surface area (Å²) >= 11 is 1.26. The second kappa shape index (κ2) is 9.23. The Morgan fingerprint density at radius 1 is 1.11 bits per heavy atom. The van der Waals surface area contributed by atoms with Crippen molar-refractivity contribution in [2.45, 2.75) is 18.4 Å². The van der Waals surface area contributed by atoms with E-state index in [0.717, 1.165) is 0 Å². The second-order valence-corrected chi connectivity index (χ2v) is 7.08. The smallest absolute Gasteiger partial charge is 0.256 e. The SMILES string of the molecule is Cc1ccc(NC(=O)c2ccccc2SCC(=O)NCc2ccco2)cc1F. The van der Waals surface area contributed by atoms with Gasteiger partial charge in [0.15, 0.2) is 0 Å². The molecule has 5 nitrogen and oxygen atoms in total. The maximum Gasteiger partial charge on any atom is 0.256 e. The fourth-order valence-corrected chi connectivity index (χ4v) is 3.32. The molecule has 1 heterocycles. The van der Waals surface area contributed by atoms with Gasteiger partial charge >= 0.3 is 0 Å². The highest BCUT2D eigenvalue weighted by molar-refractivity contribution is 8.00. The molecule has 2 N–H and O–H groups in total. The summed E-state index contributed by atoms with van der Waals surface area (Å²) in [6, 6.07) is 15.1. The lowest BCUT2D eigenvalue weighted by atomic mass is 10.2. The Balaban J connectivity index is 1.60. The minimum atomic E-state index is -0.381. The monoisotopic (exact) mass is 398 g/mol. The first-order valence-electron chi connectivity index (χ1n) is 8.61. The maximum absolute atomic E-state index is 13.7. The molecule has 2 aromatic carbocycles. The molecular weight excluding hydrogens is 379 g/mol. The molecule has 0 spiro atoms. The van der Waals surface area contributed by atoms with Crippen molar-refractivity contribution in [2.75, 3.05) is 11.1 Å². The number of nitrogens with one attached hydrogen (secondary N) is 2.